The molecule has 0 unspecified atom stereocenters. The summed E-state index contributed by atoms with van der Waals surface area (Å²) < 4.78 is 5.93. The van der Waals surface area contributed by atoms with Gasteiger partial charge in [0.25, 0.3) is 5.91 Å². The molecule has 0 saturated heterocycles. The van der Waals surface area contributed by atoms with E-state index in [1.54, 1.807) is 17.0 Å². The molecule has 28 heavy (non-hydrogen) atoms. The molecule has 1 aliphatic heterocycles. The van der Waals surface area contributed by atoms with Gasteiger partial charge < -0.3 is 14.2 Å². The molecule has 0 aliphatic carbocycles. The number of fused-ring (bicyclic) bond motifs is 2. The first-order chi connectivity index (χ1) is 13.7. The van der Waals surface area contributed by atoms with Crippen molar-refractivity contribution in [2.75, 3.05) is 26.2 Å². The van der Waals surface area contributed by atoms with Crippen molar-refractivity contribution in [3.63, 3.8) is 0 Å². The minimum absolute atomic E-state index is 0.121. The van der Waals surface area contributed by atoms with Gasteiger partial charge in [-0.1, -0.05) is 56.3 Å². The maximum absolute atomic E-state index is 13.3. The summed E-state index contributed by atoms with van der Waals surface area (Å²) >= 11 is 0. The zero-order valence-electron chi connectivity index (χ0n) is 16.2. The lowest BCUT2D eigenvalue weighted by atomic mass is 9.98. The molecule has 144 valence electrons. The van der Waals surface area contributed by atoms with Crippen LogP contribution in [0.2, 0.25) is 0 Å². The van der Waals surface area contributed by atoms with Crippen LogP contribution in [-0.4, -0.2) is 41.9 Å². The van der Waals surface area contributed by atoms with E-state index in [9.17, 15) is 9.59 Å². The molecular formula is C23H24N2O3. The summed E-state index contributed by atoms with van der Waals surface area (Å²) in [6.45, 7) is 7.35. The molecule has 3 aromatic rings. The van der Waals surface area contributed by atoms with Crippen LogP contribution in [0.3, 0.4) is 0 Å². The normalized spacial score (nSPS) is 16.2. The number of nitrogens with zero attached hydrogens (tertiary/aromatic N) is 2. The Morgan fingerprint density at radius 3 is 2.36 bits per heavy atom. The van der Waals surface area contributed by atoms with Crippen LogP contribution in [0.1, 0.15) is 41.6 Å². The molecule has 4 rings (SSSR count). The molecule has 0 radical (unpaired) electrons. The topological polar surface area (TPSA) is 53.8 Å². The number of carbonyl (C=O) groups is 1. The fraction of sp³-hybridized carbons (Fsp3) is 0.304. The Kier molecular flexibility index (Phi) is 5.01. The van der Waals surface area contributed by atoms with Gasteiger partial charge >= 0.3 is 0 Å². The maximum atomic E-state index is 13.3. The fourth-order valence-corrected chi connectivity index (χ4v) is 3.97. The first kappa shape index (κ1) is 18.4. The number of rotatable bonds is 6. The Balaban J connectivity index is 1.85. The Hall–Kier alpha value is -2.92. The van der Waals surface area contributed by atoms with Gasteiger partial charge in [0.05, 0.1) is 17.0 Å². The summed E-state index contributed by atoms with van der Waals surface area (Å²) in [6.07, 6.45) is 0. The second-order valence-electron chi connectivity index (χ2n) is 7.01. The van der Waals surface area contributed by atoms with Crippen molar-refractivity contribution < 1.29 is 9.21 Å². The monoisotopic (exact) mass is 376 g/mol. The van der Waals surface area contributed by atoms with E-state index in [1.807, 2.05) is 42.5 Å². The Morgan fingerprint density at radius 1 is 0.964 bits per heavy atom. The average molecular weight is 376 g/mol. The first-order valence-electron chi connectivity index (χ1n) is 9.79. The average Bonchev–Trinajstić information content (AvgIpc) is 3.02. The molecule has 0 fully saturated rings. The van der Waals surface area contributed by atoms with Gasteiger partial charge in [-0.15, -0.1) is 0 Å². The van der Waals surface area contributed by atoms with Crippen LogP contribution in [0, 0.1) is 0 Å². The van der Waals surface area contributed by atoms with Crippen LogP contribution in [0.4, 0.5) is 0 Å². The van der Waals surface area contributed by atoms with E-state index >= 15 is 0 Å². The van der Waals surface area contributed by atoms with Gasteiger partial charge in [-0.2, -0.15) is 0 Å². The van der Waals surface area contributed by atoms with Gasteiger partial charge in [0.15, 0.2) is 5.43 Å². The van der Waals surface area contributed by atoms with E-state index in [2.05, 4.69) is 18.7 Å². The van der Waals surface area contributed by atoms with Crippen molar-refractivity contribution in [2.45, 2.75) is 19.9 Å². The predicted molar refractivity (Wildman–Crippen MR) is 110 cm³/mol. The van der Waals surface area contributed by atoms with Gasteiger partial charge in [-0.3, -0.25) is 9.59 Å². The van der Waals surface area contributed by atoms with Crippen LogP contribution in [0.15, 0.2) is 63.8 Å². The highest BCUT2D eigenvalue weighted by atomic mass is 16.3. The third kappa shape index (κ3) is 3.02. The van der Waals surface area contributed by atoms with Crippen LogP contribution < -0.4 is 5.43 Å². The Labute approximate surface area is 164 Å². The standard InChI is InChI=1S/C23H24N2O3/c1-3-24(4-2)14-15-25-20(16-10-6-5-7-11-16)19-21(26)17-12-8-9-13-18(17)28-22(19)23(25)27/h5-13,20H,3-4,14-15H2,1-2H3/t20-/m0/s1. The Morgan fingerprint density at radius 2 is 1.64 bits per heavy atom. The van der Waals surface area contributed by atoms with Crippen molar-refractivity contribution in [3.05, 3.63) is 81.7 Å². The molecule has 0 bridgehead atoms. The predicted octanol–water partition coefficient (Wildman–Crippen LogP) is 3.68. The number of hydrogen-bond donors (Lipinski definition) is 0. The van der Waals surface area contributed by atoms with E-state index < -0.39 is 6.04 Å². The van der Waals surface area contributed by atoms with E-state index in [0.717, 1.165) is 25.2 Å². The number of carbonyl (C=O) groups excluding carboxylic acids is 1. The molecule has 0 saturated carbocycles. The summed E-state index contributed by atoms with van der Waals surface area (Å²) in [5, 5.41) is 0.514. The van der Waals surface area contributed by atoms with Crippen molar-refractivity contribution >= 4 is 16.9 Å². The summed E-state index contributed by atoms with van der Waals surface area (Å²) in [5.41, 5.74) is 1.72. The van der Waals surface area contributed by atoms with Crippen molar-refractivity contribution in [1.29, 1.82) is 0 Å². The van der Waals surface area contributed by atoms with Crippen LogP contribution >= 0.6 is 0 Å². The van der Waals surface area contributed by atoms with Gasteiger partial charge in [0.1, 0.15) is 5.58 Å². The molecule has 1 aromatic heterocycles. The quantitative estimate of drug-likeness (QED) is 0.659. The molecule has 5 heteroatoms. The van der Waals surface area contributed by atoms with Crippen molar-refractivity contribution in [1.82, 2.24) is 9.80 Å². The highest BCUT2D eigenvalue weighted by Crippen LogP contribution is 2.37. The minimum atomic E-state index is -0.417. The summed E-state index contributed by atoms with van der Waals surface area (Å²) in [5.74, 6) is -0.0315. The van der Waals surface area contributed by atoms with Gasteiger partial charge in [-0.25, -0.2) is 0 Å². The SMILES string of the molecule is CCN(CC)CCN1C(=O)c2oc3ccccc3c(=O)c2[C@@H]1c1ccccc1. The van der Waals surface area contributed by atoms with Gasteiger partial charge in [0, 0.05) is 13.1 Å². The highest BCUT2D eigenvalue weighted by molar-refractivity contribution is 5.99. The largest absolute Gasteiger partial charge is 0.450 e. The van der Waals surface area contributed by atoms with Gasteiger partial charge in [0.2, 0.25) is 5.76 Å². The molecule has 2 aromatic carbocycles. The van der Waals surface area contributed by atoms with Crippen molar-refractivity contribution in [2.24, 2.45) is 0 Å². The van der Waals surface area contributed by atoms with E-state index in [4.69, 9.17) is 4.42 Å². The van der Waals surface area contributed by atoms with Crippen LogP contribution in [0.5, 0.6) is 0 Å². The number of benzene rings is 2. The molecular weight excluding hydrogens is 352 g/mol. The lowest BCUT2D eigenvalue weighted by Crippen LogP contribution is -2.37. The number of likely N-dealkylation sites (N-methyl/N-ethyl adjacent to an activating group) is 1. The number of para-hydroxylation sites is 1. The third-order valence-corrected chi connectivity index (χ3v) is 5.54. The maximum Gasteiger partial charge on any atom is 0.290 e. The lowest BCUT2D eigenvalue weighted by Gasteiger charge is -2.28. The lowest BCUT2D eigenvalue weighted by molar-refractivity contribution is 0.0708. The zero-order chi connectivity index (χ0) is 19.7. The smallest absolute Gasteiger partial charge is 0.290 e. The summed E-state index contributed by atoms with van der Waals surface area (Å²) in [4.78, 5) is 30.6. The highest BCUT2D eigenvalue weighted by Gasteiger charge is 2.42. The summed E-state index contributed by atoms with van der Waals surface area (Å²) in [6, 6.07) is 16.4. The third-order valence-electron chi connectivity index (χ3n) is 5.54. The van der Waals surface area contributed by atoms with Crippen LogP contribution in [-0.2, 0) is 0 Å². The molecule has 1 amide bonds. The molecule has 0 N–H and O–H groups in total. The number of amides is 1. The van der Waals surface area contributed by atoms with Gasteiger partial charge in [-0.05, 0) is 30.8 Å². The second-order valence-corrected chi connectivity index (χ2v) is 7.01. The molecule has 5 nitrogen and oxygen atoms in total. The molecule has 2 heterocycles. The Bertz CT molecular complexity index is 1050. The van der Waals surface area contributed by atoms with Crippen molar-refractivity contribution in [3.8, 4) is 0 Å². The first-order valence-corrected chi connectivity index (χ1v) is 9.79. The molecule has 1 aliphatic rings. The minimum Gasteiger partial charge on any atom is -0.450 e. The molecule has 1 atom stereocenters. The number of hydrogen-bond acceptors (Lipinski definition) is 4. The van der Waals surface area contributed by atoms with E-state index in [0.29, 0.717) is 23.1 Å². The fourth-order valence-electron chi connectivity index (χ4n) is 3.97. The summed E-state index contributed by atoms with van der Waals surface area (Å²) in [7, 11) is 0. The molecule has 0 spiro atoms. The van der Waals surface area contributed by atoms with E-state index in [1.165, 1.54) is 0 Å². The zero-order valence-corrected chi connectivity index (χ0v) is 16.2. The van der Waals surface area contributed by atoms with Crippen LogP contribution in [0.25, 0.3) is 11.0 Å². The van der Waals surface area contributed by atoms with E-state index in [-0.39, 0.29) is 17.1 Å². The second kappa shape index (κ2) is 7.60.